The van der Waals surface area contributed by atoms with Gasteiger partial charge in [-0.15, -0.1) is 4.36 Å². The third-order valence-corrected chi connectivity index (χ3v) is 9.07. The van der Waals surface area contributed by atoms with Crippen molar-refractivity contribution < 1.29 is 18.9 Å². The highest BCUT2D eigenvalue weighted by Gasteiger charge is 2.30. The number of benzene rings is 1. The zero-order chi connectivity index (χ0) is 24.8. The Bertz CT molecular complexity index is 1300. The third kappa shape index (κ3) is 4.34. The number of aryl methyl sites for hydroxylation is 1. The van der Waals surface area contributed by atoms with E-state index in [2.05, 4.69) is 16.6 Å². The van der Waals surface area contributed by atoms with Crippen LogP contribution < -0.4 is 11.1 Å². The number of anilines is 1. The van der Waals surface area contributed by atoms with E-state index in [0.717, 1.165) is 60.3 Å². The molecule has 2 aliphatic carbocycles. The second kappa shape index (κ2) is 8.78. The largest absolute Gasteiger partial charge is 0.386 e. The number of pyridine rings is 1. The summed E-state index contributed by atoms with van der Waals surface area (Å²) in [6.07, 6.45) is 4.50. The second-order valence-electron chi connectivity index (χ2n) is 9.65. The predicted molar refractivity (Wildman–Crippen MR) is 132 cm³/mol. The minimum absolute atomic E-state index is 0.000393. The van der Waals surface area contributed by atoms with Crippen LogP contribution in [-0.4, -0.2) is 32.0 Å². The molecule has 0 bridgehead atoms. The van der Waals surface area contributed by atoms with Crippen LogP contribution in [0.1, 0.15) is 84.9 Å². The van der Waals surface area contributed by atoms with E-state index in [9.17, 15) is 18.9 Å². The van der Waals surface area contributed by atoms with Crippen molar-refractivity contribution in [2.45, 2.75) is 76.2 Å². The summed E-state index contributed by atoms with van der Waals surface area (Å²) in [4.78, 5) is 30.2. The Balaban J connectivity index is 1.79. The van der Waals surface area contributed by atoms with Crippen molar-refractivity contribution in [3.8, 4) is 0 Å². The van der Waals surface area contributed by atoms with E-state index in [4.69, 9.17) is 10.7 Å². The number of carbonyl (C=O) groups excluding carboxylic acids is 2. The van der Waals surface area contributed by atoms with Crippen molar-refractivity contribution >= 4 is 27.4 Å². The van der Waals surface area contributed by atoms with Gasteiger partial charge in [-0.1, -0.05) is 19.9 Å². The Morgan fingerprint density at radius 2 is 2.00 bits per heavy atom. The summed E-state index contributed by atoms with van der Waals surface area (Å²) >= 11 is 0. The molecule has 8 nitrogen and oxygen atoms in total. The lowest BCUT2D eigenvalue weighted by atomic mass is 9.97. The van der Waals surface area contributed by atoms with E-state index in [1.165, 1.54) is 12.1 Å². The summed E-state index contributed by atoms with van der Waals surface area (Å²) in [6.45, 7) is 6.95. The van der Waals surface area contributed by atoms with Gasteiger partial charge in [0.05, 0.1) is 31.5 Å². The lowest BCUT2D eigenvalue weighted by Gasteiger charge is -2.21. The van der Waals surface area contributed by atoms with Crippen LogP contribution in [0.5, 0.6) is 0 Å². The number of amides is 3. The van der Waals surface area contributed by atoms with Crippen LogP contribution in [0.3, 0.4) is 0 Å². The van der Waals surface area contributed by atoms with Crippen LogP contribution in [0.2, 0.25) is 0 Å². The molecule has 0 radical (unpaired) electrons. The van der Waals surface area contributed by atoms with Crippen molar-refractivity contribution in [2.75, 3.05) is 11.1 Å². The molecule has 1 aromatic heterocycles. The number of urea groups is 1. The van der Waals surface area contributed by atoms with Crippen LogP contribution in [0, 0.1) is 0 Å². The number of nitrogens with two attached hydrogens (primary N) is 1. The number of nitrogens with zero attached hydrogens (tertiary/aromatic N) is 2. The molecule has 3 amide bonds. The first-order chi connectivity index (χ1) is 15.9. The Hall–Kier alpha value is -2.78. The molecule has 1 unspecified atom stereocenters. The Labute approximate surface area is 200 Å². The summed E-state index contributed by atoms with van der Waals surface area (Å²) in [5.74, 6) is -0.441. The molecule has 1 heterocycles. The maximum Gasteiger partial charge on any atom is 0.353 e. The molecule has 4 rings (SSSR count). The fourth-order valence-electron chi connectivity index (χ4n) is 4.86. The average molecular weight is 485 g/mol. The van der Waals surface area contributed by atoms with E-state index in [1.807, 2.05) is 0 Å². The zero-order valence-corrected chi connectivity index (χ0v) is 20.9. The van der Waals surface area contributed by atoms with Crippen LogP contribution in [0.15, 0.2) is 27.5 Å². The summed E-state index contributed by atoms with van der Waals surface area (Å²) in [7, 11) is -3.34. The normalized spacial score (nSPS) is 18.7. The second-order valence-corrected chi connectivity index (χ2v) is 12.1. The molecule has 4 N–H and O–H groups in total. The molecule has 0 aliphatic heterocycles. The topological polar surface area (TPSA) is 135 Å². The highest BCUT2D eigenvalue weighted by molar-refractivity contribution is 7.94. The molecule has 34 heavy (non-hydrogen) atoms. The summed E-state index contributed by atoms with van der Waals surface area (Å²) in [5, 5.41) is 13.4. The first kappa shape index (κ1) is 24.3. The van der Waals surface area contributed by atoms with Crippen LogP contribution in [0.4, 0.5) is 10.5 Å². The molecule has 0 fully saturated rings. The average Bonchev–Trinajstić information content (AvgIpc) is 3.39. The van der Waals surface area contributed by atoms with E-state index in [0.29, 0.717) is 11.5 Å². The number of carbonyl (C=O) groups is 2. The highest BCUT2D eigenvalue weighted by Crippen LogP contribution is 2.41. The number of aliphatic hydroxyl groups is 1. The quantitative estimate of drug-likeness (QED) is 0.589. The van der Waals surface area contributed by atoms with Gasteiger partial charge in [0.2, 0.25) is 5.91 Å². The van der Waals surface area contributed by atoms with E-state index in [1.54, 1.807) is 26.8 Å². The fraction of sp³-hybridized carbons (Fsp3) is 0.480. The highest BCUT2D eigenvalue weighted by atomic mass is 32.2. The number of nitrogens with one attached hydrogen (secondary N) is 1. The van der Waals surface area contributed by atoms with Gasteiger partial charge in [0.1, 0.15) is 0 Å². The Morgan fingerprint density at radius 1 is 1.26 bits per heavy atom. The SMILES string of the molecule is CCS(=O)(=NC(=O)Nc1c2c(nc3c1CC[C@H]3C)CCC2)c1cc(C(C)(C)O)ccc1C(N)=O. The van der Waals surface area contributed by atoms with Crippen molar-refractivity contribution in [1.29, 1.82) is 0 Å². The number of hydrogen-bond donors (Lipinski definition) is 3. The van der Waals surface area contributed by atoms with Crippen LogP contribution >= 0.6 is 0 Å². The molecule has 2 aromatic rings. The fourth-order valence-corrected chi connectivity index (χ4v) is 6.53. The molecular weight excluding hydrogens is 452 g/mol. The first-order valence-corrected chi connectivity index (χ1v) is 13.4. The van der Waals surface area contributed by atoms with Crippen molar-refractivity contribution in [2.24, 2.45) is 10.1 Å². The van der Waals surface area contributed by atoms with Crippen molar-refractivity contribution in [3.05, 3.63) is 51.8 Å². The van der Waals surface area contributed by atoms with Crippen molar-refractivity contribution in [1.82, 2.24) is 4.98 Å². The third-order valence-electron chi connectivity index (χ3n) is 6.80. The predicted octanol–water partition coefficient (Wildman–Crippen LogP) is 4.03. The van der Waals surface area contributed by atoms with Gasteiger partial charge in [0.25, 0.3) is 0 Å². The number of aromatic nitrogens is 1. The van der Waals surface area contributed by atoms with Gasteiger partial charge in [0.15, 0.2) is 0 Å². The molecule has 0 saturated carbocycles. The molecule has 0 spiro atoms. The Kier molecular flexibility index (Phi) is 6.29. The van der Waals surface area contributed by atoms with E-state index in [-0.39, 0.29) is 16.2 Å². The van der Waals surface area contributed by atoms with Gasteiger partial charge in [-0.05, 0) is 80.7 Å². The van der Waals surface area contributed by atoms with Crippen molar-refractivity contribution in [3.63, 3.8) is 0 Å². The molecule has 2 aliphatic rings. The van der Waals surface area contributed by atoms with Gasteiger partial charge < -0.3 is 16.2 Å². The molecule has 0 saturated heterocycles. The lowest BCUT2D eigenvalue weighted by molar-refractivity contribution is 0.0782. The monoisotopic (exact) mass is 484 g/mol. The minimum atomic E-state index is -3.34. The Morgan fingerprint density at radius 3 is 2.65 bits per heavy atom. The number of rotatable bonds is 5. The number of primary amides is 1. The van der Waals surface area contributed by atoms with Crippen LogP contribution in [-0.2, 0) is 34.6 Å². The summed E-state index contributed by atoms with van der Waals surface area (Å²) < 4.78 is 18.0. The lowest BCUT2D eigenvalue weighted by Crippen LogP contribution is -2.22. The molecule has 2 atom stereocenters. The van der Waals surface area contributed by atoms with Crippen LogP contribution in [0.25, 0.3) is 0 Å². The molecule has 9 heteroatoms. The zero-order valence-electron chi connectivity index (χ0n) is 20.1. The smallest absolute Gasteiger partial charge is 0.353 e. The number of hydrogen-bond acceptors (Lipinski definition) is 5. The minimum Gasteiger partial charge on any atom is -0.386 e. The summed E-state index contributed by atoms with van der Waals surface area (Å²) in [6, 6.07) is 3.73. The maximum absolute atomic E-state index is 14.0. The number of fused-ring (bicyclic) bond motifs is 2. The van der Waals surface area contributed by atoms with Gasteiger partial charge in [-0.3, -0.25) is 9.78 Å². The molecule has 182 valence electrons. The van der Waals surface area contributed by atoms with Gasteiger partial charge in [-0.25, -0.2) is 9.00 Å². The van der Waals surface area contributed by atoms with E-state index < -0.39 is 27.3 Å². The first-order valence-electron chi connectivity index (χ1n) is 11.7. The van der Waals surface area contributed by atoms with Gasteiger partial charge in [0, 0.05) is 17.1 Å². The molecular formula is C25H32N4O4S. The maximum atomic E-state index is 14.0. The standard InChI is InChI=1S/C25H32N4O4S/c1-5-34(33,20-13-15(25(3,4)32)10-12-17(20)23(26)30)29-24(31)28-22-16-7-6-8-19(16)27-21-14(2)9-11-18(21)22/h10,12-14,32H,5-9,11H2,1-4H3,(H2,26,30)(H,27,28,31)/t14-,34?/m1/s1. The summed E-state index contributed by atoms with van der Waals surface area (Å²) in [5.41, 5.74) is 9.66. The van der Waals surface area contributed by atoms with Gasteiger partial charge in [-0.2, -0.15) is 0 Å². The molecule has 1 aromatic carbocycles. The van der Waals surface area contributed by atoms with Gasteiger partial charge >= 0.3 is 6.03 Å². The van der Waals surface area contributed by atoms with E-state index >= 15 is 0 Å².